The average Bonchev–Trinajstić information content (AvgIpc) is 3.36. The molecule has 0 fully saturated rings. The zero-order valence-corrected chi connectivity index (χ0v) is 19.0. The van der Waals surface area contributed by atoms with Gasteiger partial charge in [-0.15, -0.1) is 11.3 Å². The van der Waals surface area contributed by atoms with E-state index >= 15 is 0 Å². The number of hydrogen-bond donors (Lipinski definition) is 3. The first-order valence-electron chi connectivity index (χ1n) is 10.4. The Morgan fingerprint density at radius 1 is 1.27 bits per heavy atom. The summed E-state index contributed by atoms with van der Waals surface area (Å²) in [5, 5.41) is 10.0. The molecule has 0 saturated heterocycles. The molecule has 3 heterocycles. The van der Waals surface area contributed by atoms with Crippen molar-refractivity contribution in [2.75, 3.05) is 19.7 Å². The Morgan fingerprint density at radius 2 is 2.12 bits per heavy atom. The smallest absolute Gasteiger partial charge is 0.348 e. The van der Waals surface area contributed by atoms with Gasteiger partial charge >= 0.3 is 5.69 Å². The SMILES string of the molecule is NCCNC(=O)c1ccc2c(c1)OCCc1cc(-c3n[nH]c(=O)n3-c3ccccc3Cl)sc1-2. The van der Waals surface area contributed by atoms with Crippen molar-refractivity contribution in [2.24, 2.45) is 5.73 Å². The quantitative estimate of drug-likeness (QED) is 0.405. The van der Waals surface area contributed by atoms with E-state index in [-0.39, 0.29) is 11.6 Å². The van der Waals surface area contributed by atoms with Crippen LogP contribution >= 0.6 is 22.9 Å². The number of carbonyl (C=O) groups excluding carboxylic acids is 1. The molecule has 0 aliphatic carbocycles. The van der Waals surface area contributed by atoms with Gasteiger partial charge in [0.05, 0.1) is 22.2 Å². The summed E-state index contributed by atoms with van der Waals surface area (Å²) >= 11 is 7.87. The lowest BCUT2D eigenvalue weighted by atomic mass is 10.0. The number of ether oxygens (including phenoxy) is 1. The van der Waals surface area contributed by atoms with Gasteiger partial charge in [-0.1, -0.05) is 23.7 Å². The number of benzene rings is 2. The fraction of sp³-hybridized carbons (Fsp3) is 0.174. The van der Waals surface area contributed by atoms with E-state index in [4.69, 9.17) is 22.1 Å². The van der Waals surface area contributed by atoms with Gasteiger partial charge in [-0.3, -0.25) is 4.79 Å². The summed E-state index contributed by atoms with van der Waals surface area (Å²) in [6, 6.07) is 14.6. The van der Waals surface area contributed by atoms with Crippen molar-refractivity contribution >= 4 is 28.8 Å². The summed E-state index contributed by atoms with van der Waals surface area (Å²) in [5.41, 5.74) is 8.18. The van der Waals surface area contributed by atoms with Crippen LogP contribution in [-0.4, -0.2) is 40.4 Å². The molecule has 1 aliphatic heterocycles. The minimum Gasteiger partial charge on any atom is -0.493 e. The van der Waals surface area contributed by atoms with Crippen LogP contribution in [-0.2, 0) is 6.42 Å². The summed E-state index contributed by atoms with van der Waals surface area (Å²) in [6.45, 7) is 1.26. The van der Waals surface area contributed by atoms with Crippen LogP contribution in [0.4, 0.5) is 0 Å². The minimum atomic E-state index is -0.362. The highest BCUT2D eigenvalue weighted by atomic mass is 35.5. The number of para-hydroxylation sites is 1. The van der Waals surface area contributed by atoms with Gasteiger partial charge in [-0.2, -0.15) is 5.10 Å². The first kappa shape index (κ1) is 21.4. The van der Waals surface area contributed by atoms with Gasteiger partial charge in [-0.25, -0.2) is 14.5 Å². The molecular weight excluding hydrogens is 462 g/mol. The van der Waals surface area contributed by atoms with Gasteiger partial charge in [-0.05, 0) is 42.0 Å². The normalized spacial score (nSPS) is 12.4. The highest BCUT2D eigenvalue weighted by molar-refractivity contribution is 7.19. The number of nitrogens with one attached hydrogen (secondary N) is 2. The van der Waals surface area contributed by atoms with E-state index in [0.29, 0.717) is 54.0 Å². The zero-order chi connectivity index (χ0) is 22.9. The van der Waals surface area contributed by atoms with Crippen LogP contribution in [0.1, 0.15) is 15.9 Å². The molecule has 5 rings (SSSR count). The average molecular weight is 482 g/mol. The van der Waals surface area contributed by atoms with Gasteiger partial charge in [0.1, 0.15) is 5.75 Å². The standard InChI is InChI=1S/C23H20ClN5O3S/c24-16-3-1-2-4-17(16)29-21(27-28-23(29)31)19-12-13-7-10-32-18-11-14(22(30)26-9-8-25)5-6-15(18)20(13)33-19/h1-6,11-12H,7-10,25H2,(H,26,30)(H,28,31). The zero-order valence-electron chi connectivity index (χ0n) is 17.4. The Labute approximate surface area is 198 Å². The molecule has 1 aliphatic rings. The lowest BCUT2D eigenvalue weighted by molar-refractivity contribution is 0.0954. The topological polar surface area (TPSA) is 115 Å². The molecule has 0 radical (unpaired) electrons. The van der Waals surface area contributed by atoms with E-state index in [1.54, 1.807) is 24.3 Å². The molecule has 4 N–H and O–H groups in total. The number of hydrogen-bond acceptors (Lipinski definition) is 6. The van der Waals surface area contributed by atoms with Crippen LogP contribution in [0.15, 0.2) is 53.3 Å². The molecule has 168 valence electrons. The third-order valence-electron chi connectivity index (χ3n) is 5.34. The second-order valence-corrected chi connectivity index (χ2v) is 8.92. The van der Waals surface area contributed by atoms with E-state index in [1.807, 2.05) is 24.3 Å². The van der Waals surface area contributed by atoms with Crippen LogP contribution in [0.2, 0.25) is 5.02 Å². The fourth-order valence-corrected chi connectivity index (χ4v) is 5.24. The highest BCUT2D eigenvalue weighted by Crippen LogP contribution is 2.44. The molecule has 8 nitrogen and oxygen atoms in total. The number of nitrogens with zero attached hydrogens (tertiary/aromatic N) is 2. The molecule has 1 amide bonds. The van der Waals surface area contributed by atoms with E-state index in [0.717, 1.165) is 20.9 Å². The predicted octanol–water partition coefficient (Wildman–Crippen LogP) is 3.23. The minimum absolute atomic E-state index is 0.191. The van der Waals surface area contributed by atoms with Crippen molar-refractivity contribution < 1.29 is 9.53 Å². The number of thiophene rings is 1. The number of carbonyl (C=O) groups is 1. The number of amides is 1. The first-order chi connectivity index (χ1) is 16.1. The lowest BCUT2D eigenvalue weighted by Crippen LogP contribution is -2.28. The molecular formula is C23H20ClN5O3S. The van der Waals surface area contributed by atoms with E-state index < -0.39 is 0 Å². The van der Waals surface area contributed by atoms with Gasteiger partial charge < -0.3 is 15.8 Å². The highest BCUT2D eigenvalue weighted by Gasteiger charge is 2.23. The second-order valence-electron chi connectivity index (χ2n) is 7.46. The molecule has 33 heavy (non-hydrogen) atoms. The van der Waals surface area contributed by atoms with E-state index in [9.17, 15) is 9.59 Å². The van der Waals surface area contributed by atoms with Crippen molar-refractivity contribution in [3.63, 3.8) is 0 Å². The summed E-state index contributed by atoms with van der Waals surface area (Å²) in [4.78, 5) is 26.8. The molecule has 0 saturated carbocycles. The van der Waals surface area contributed by atoms with Crippen molar-refractivity contribution in [1.82, 2.24) is 20.1 Å². The van der Waals surface area contributed by atoms with Crippen LogP contribution in [0.5, 0.6) is 5.75 Å². The van der Waals surface area contributed by atoms with Crippen LogP contribution in [0, 0.1) is 0 Å². The number of aromatic amines is 1. The molecule has 0 unspecified atom stereocenters. The van der Waals surface area contributed by atoms with Crippen molar-refractivity contribution in [3.05, 3.63) is 75.2 Å². The number of fused-ring (bicyclic) bond motifs is 3. The van der Waals surface area contributed by atoms with Crippen molar-refractivity contribution in [1.29, 1.82) is 0 Å². The number of rotatable bonds is 5. The Kier molecular flexibility index (Phi) is 5.76. The molecule has 2 aromatic heterocycles. The fourth-order valence-electron chi connectivity index (χ4n) is 3.80. The second kappa shape index (κ2) is 8.86. The maximum absolute atomic E-state index is 12.6. The molecule has 2 aromatic carbocycles. The van der Waals surface area contributed by atoms with Crippen LogP contribution < -0.4 is 21.5 Å². The molecule has 4 aromatic rings. The van der Waals surface area contributed by atoms with Crippen molar-refractivity contribution in [2.45, 2.75) is 6.42 Å². The Morgan fingerprint density at radius 3 is 2.94 bits per heavy atom. The van der Waals surface area contributed by atoms with Crippen LogP contribution in [0.3, 0.4) is 0 Å². The predicted molar refractivity (Wildman–Crippen MR) is 129 cm³/mol. The molecule has 0 spiro atoms. The lowest BCUT2D eigenvalue weighted by Gasteiger charge is -2.10. The van der Waals surface area contributed by atoms with Gasteiger partial charge in [0.15, 0.2) is 5.82 Å². The number of nitrogens with two attached hydrogens (primary N) is 1. The number of aromatic nitrogens is 3. The van der Waals surface area contributed by atoms with Crippen molar-refractivity contribution in [3.8, 4) is 32.6 Å². The Hall–Kier alpha value is -3.40. The molecule has 0 atom stereocenters. The van der Waals surface area contributed by atoms with Gasteiger partial charge in [0, 0.05) is 35.5 Å². The van der Waals surface area contributed by atoms with Gasteiger partial charge in [0.2, 0.25) is 0 Å². The summed E-state index contributed by atoms with van der Waals surface area (Å²) < 4.78 is 7.43. The summed E-state index contributed by atoms with van der Waals surface area (Å²) in [6.07, 6.45) is 0.690. The van der Waals surface area contributed by atoms with Crippen LogP contribution in [0.25, 0.3) is 26.8 Å². The van der Waals surface area contributed by atoms with E-state index in [2.05, 4.69) is 15.5 Å². The maximum atomic E-state index is 12.6. The maximum Gasteiger partial charge on any atom is 0.348 e. The Balaban J connectivity index is 1.57. The monoisotopic (exact) mass is 481 g/mol. The van der Waals surface area contributed by atoms with Gasteiger partial charge in [0.25, 0.3) is 5.91 Å². The largest absolute Gasteiger partial charge is 0.493 e. The third-order valence-corrected chi connectivity index (χ3v) is 6.87. The number of halogens is 1. The summed E-state index contributed by atoms with van der Waals surface area (Å²) in [5.74, 6) is 0.947. The molecule has 0 bridgehead atoms. The summed E-state index contributed by atoms with van der Waals surface area (Å²) in [7, 11) is 0. The number of H-pyrrole nitrogens is 1. The van der Waals surface area contributed by atoms with E-state index in [1.165, 1.54) is 15.9 Å². The third kappa shape index (κ3) is 3.95. The Bertz CT molecular complexity index is 1410. The first-order valence-corrected chi connectivity index (χ1v) is 11.6. The molecule has 10 heteroatoms.